The monoisotopic (exact) mass is 276 g/mol. The average Bonchev–Trinajstić information content (AvgIpc) is 2.65. The SMILES string of the molecule is COc1ccc(CN(C)CC2CCCCCC2N)cc1. The number of rotatable bonds is 5. The van der Waals surface area contributed by atoms with Crippen LogP contribution in [0.5, 0.6) is 5.75 Å². The molecule has 1 aromatic carbocycles. The third kappa shape index (κ3) is 4.50. The average molecular weight is 276 g/mol. The zero-order valence-corrected chi connectivity index (χ0v) is 12.8. The Morgan fingerprint density at radius 3 is 2.55 bits per heavy atom. The van der Waals surface area contributed by atoms with Gasteiger partial charge in [0.05, 0.1) is 7.11 Å². The normalized spacial score (nSPS) is 23.6. The van der Waals surface area contributed by atoms with Crippen molar-refractivity contribution in [1.82, 2.24) is 4.90 Å². The summed E-state index contributed by atoms with van der Waals surface area (Å²) in [6.45, 7) is 2.08. The first-order chi connectivity index (χ1) is 9.69. The molecule has 0 saturated heterocycles. The molecule has 2 N–H and O–H groups in total. The zero-order chi connectivity index (χ0) is 14.4. The summed E-state index contributed by atoms with van der Waals surface area (Å²) < 4.78 is 5.19. The second-order valence-corrected chi connectivity index (χ2v) is 6.11. The lowest BCUT2D eigenvalue weighted by Gasteiger charge is -2.27. The van der Waals surface area contributed by atoms with E-state index in [1.54, 1.807) is 7.11 Å². The summed E-state index contributed by atoms with van der Waals surface area (Å²) in [6, 6.07) is 8.72. The standard InChI is InChI=1S/C17H28N2O/c1-19(12-14-8-10-16(20-2)11-9-14)13-15-6-4-3-5-7-17(15)18/h8-11,15,17H,3-7,12-13,18H2,1-2H3. The molecule has 0 aromatic heterocycles. The van der Waals surface area contributed by atoms with Crippen LogP contribution < -0.4 is 10.5 Å². The molecule has 0 radical (unpaired) electrons. The maximum Gasteiger partial charge on any atom is 0.118 e. The largest absolute Gasteiger partial charge is 0.497 e. The number of hydrogen-bond acceptors (Lipinski definition) is 3. The van der Waals surface area contributed by atoms with E-state index in [1.165, 1.54) is 37.7 Å². The van der Waals surface area contributed by atoms with Crippen LogP contribution in [0.15, 0.2) is 24.3 Å². The Morgan fingerprint density at radius 1 is 1.15 bits per heavy atom. The summed E-state index contributed by atoms with van der Waals surface area (Å²) in [5, 5.41) is 0. The molecule has 3 nitrogen and oxygen atoms in total. The molecule has 0 spiro atoms. The second-order valence-electron chi connectivity index (χ2n) is 6.11. The van der Waals surface area contributed by atoms with Gasteiger partial charge in [0.25, 0.3) is 0 Å². The summed E-state index contributed by atoms with van der Waals surface area (Å²) in [7, 11) is 3.90. The van der Waals surface area contributed by atoms with E-state index < -0.39 is 0 Å². The molecular weight excluding hydrogens is 248 g/mol. The molecule has 3 heteroatoms. The van der Waals surface area contributed by atoms with Gasteiger partial charge >= 0.3 is 0 Å². The predicted octanol–water partition coefficient (Wildman–Crippen LogP) is 3.03. The van der Waals surface area contributed by atoms with E-state index in [2.05, 4.69) is 24.1 Å². The van der Waals surface area contributed by atoms with Gasteiger partial charge < -0.3 is 15.4 Å². The Balaban J connectivity index is 1.85. The summed E-state index contributed by atoms with van der Waals surface area (Å²) in [5.41, 5.74) is 7.64. The molecular formula is C17H28N2O. The number of nitrogens with two attached hydrogens (primary N) is 1. The molecule has 1 saturated carbocycles. The number of hydrogen-bond donors (Lipinski definition) is 1. The Hall–Kier alpha value is -1.06. The molecule has 2 rings (SSSR count). The van der Waals surface area contributed by atoms with E-state index in [9.17, 15) is 0 Å². The highest BCUT2D eigenvalue weighted by Crippen LogP contribution is 2.23. The minimum absolute atomic E-state index is 0.385. The zero-order valence-electron chi connectivity index (χ0n) is 12.8. The van der Waals surface area contributed by atoms with Crippen LogP contribution >= 0.6 is 0 Å². The van der Waals surface area contributed by atoms with Crippen LogP contribution in [0.4, 0.5) is 0 Å². The number of benzene rings is 1. The molecule has 1 aliphatic carbocycles. The first kappa shape index (κ1) is 15.3. The van der Waals surface area contributed by atoms with E-state index in [1.807, 2.05) is 12.1 Å². The van der Waals surface area contributed by atoms with Gasteiger partial charge in [-0.1, -0.05) is 31.4 Å². The van der Waals surface area contributed by atoms with Gasteiger partial charge in [-0.2, -0.15) is 0 Å². The molecule has 0 heterocycles. The fraction of sp³-hybridized carbons (Fsp3) is 0.647. The maximum atomic E-state index is 6.32. The lowest BCUT2D eigenvalue weighted by atomic mass is 9.95. The van der Waals surface area contributed by atoms with Gasteiger partial charge in [-0.05, 0) is 43.5 Å². The van der Waals surface area contributed by atoms with E-state index >= 15 is 0 Å². The summed E-state index contributed by atoms with van der Waals surface area (Å²) >= 11 is 0. The van der Waals surface area contributed by atoms with Crippen molar-refractivity contribution in [2.24, 2.45) is 11.7 Å². The Labute approximate surface area is 123 Å². The van der Waals surface area contributed by atoms with Crippen molar-refractivity contribution in [3.05, 3.63) is 29.8 Å². The van der Waals surface area contributed by atoms with E-state index in [0.29, 0.717) is 12.0 Å². The third-order valence-corrected chi connectivity index (χ3v) is 4.38. The van der Waals surface area contributed by atoms with Gasteiger partial charge in [0.2, 0.25) is 0 Å². The smallest absolute Gasteiger partial charge is 0.118 e. The minimum atomic E-state index is 0.385. The van der Waals surface area contributed by atoms with Crippen molar-refractivity contribution in [1.29, 1.82) is 0 Å². The van der Waals surface area contributed by atoms with E-state index in [0.717, 1.165) is 18.8 Å². The number of nitrogens with zero attached hydrogens (tertiary/aromatic N) is 1. The molecule has 0 bridgehead atoms. The Morgan fingerprint density at radius 2 is 1.85 bits per heavy atom. The van der Waals surface area contributed by atoms with Gasteiger partial charge in [0.15, 0.2) is 0 Å². The summed E-state index contributed by atoms with van der Waals surface area (Å²) in [6.07, 6.45) is 6.48. The molecule has 20 heavy (non-hydrogen) atoms. The predicted molar refractivity (Wildman–Crippen MR) is 83.9 cm³/mol. The fourth-order valence-corrected chi connectivity index (χ4v) is 3.15. The minimum Gasteiger partial charge on any atom is -0.497 e. The van der Waals surface area contributed by atoms with Crippen LogP contribution in [0.2, 0.25) is 0 Å². The van der Waals surface area contributed by atoms with Crippen LogP contribution in [-0.2, 0) is 6.54 Å². The molecule has 1 aliphatic rings. The molecule has 2 unspecified atom stereocenters. The van der Waals surface area contributed by atoms with Crippen molar-refractivity contribution in [2.45, 2.75) is 44.7 Å². The number of methoxy groups -OCH3 is 1. The van der Waals surface area contributed by atoms with Crippen molar-refractivity contribution in [3.8, 4) is 5.75 Å². The summed E-state index contributed by atoms with van der Waals surface area (Å²) in [5.74, 6) is 1.57. The fourth-order valence-electron chi connectivity index (χ4n) is 3.15. The molecule has 112 valence electrons. The summed E-state index contributed by atoms with van der Waals surface area (Å²) in [4.78, 5) is 2.40. The maximum absolute atomic E-state index is 6.32. The highest BCUT2D eigenvalue weighted by molar-refractivity contribution is 5.27. The van der Waals surface area contributed by atoms with Crippen molar-refractivity contribution in [2.75, 3.05) is 20.7 Å². The van der Waals surface area contributed by atoms with Crippen molar-refractivity contribution in [3.63, 3.8) is 0 Å². The molecule has 1 fully saturated rings. The van der Waals surface area contributed by atoms with Crippen molar-refractivity contribution < 1.29 is 4.74 Å². The lowest BCUT2D eigenvalue weighted by molar-refractivity contribution is 0.237. The molecule has 1 aromatic rings. The molecule has 2 atom stereocenters. The van der Waals surface area contributed by atoms with Crippen LogP contribution in [0, 0.1) is 5.92 Å². The molecule has 0 amide bonds. The van der Waals surface area contributed by atoms with Crippen LogP contribution in [0.3, 0.4) is 0 Å². The highest BCUT2D eigenvalue weighted by atomic mass is 16.5. The van der Waals surface area contributed by atoms with Gasteiger partial charge in [0, 0.05) is 19.1 Å². The van der Waals surface area contributed by atoms with E-state index in [-0.39, 0.29) is 0 Å². The quantitative estimate of drug-likeness (QED) is 0.840. The first-order valence-electron chi connectivity index (χ1n) is 7.76. The van der Waals surface area contributed by atoms with Crippen LogP contribution in [-0.4, -0.2) is 31.6 Å². The first-order valence-corrected chi connectivity index (χ1v) is 7.76. The van der Waals surface area contributed by atoms with Gasteiger partial charge in [-0.15, -0.1) is 0 Å². The lowest BCUT2D eigenvalue weighted by Crippen LogP contribution is -2.37. The van der Waals surface area contributed by atoms with Crippen molar-refractivity contribution >= 4 is 0 Å². The highest BCUT2D eigenvalue weighted by Gasteiger charge is 2.21. The molecule has 0 aliphatic heterocycles. The van der Waals surface area contributed by atoms with Gasteiger partial charge in [-0.3, -0.25) is 0 Å². The topological polar surface area (TPSA) is 38.5 Å². The number of ether oxygens (including phenoxy) is 1. The third-order valence-electron chi connectivity index (χ3n) is 4.38. The van der Waals surface area contributed by atoms with E-state index in [4.69, 9.17) is 10.5 Å². The van der Waals surface area contributed by atoms with Crippen LogP contribution in [0.1, 0.15) is 37.7 Å². The van der Waals surface area contributed by atoms with Gasteiger partial charge in [-0.25, -0.2) is 0 Å². The Kier molecular flexibility index (Phi) is 5.86. The van der Waals surface area contributed by atoms with Gasteiger partial charge in [0.1, 0.15) is 5.75 Å². The Bertz CT molecular complexity index is 390. The van der Waals surface area contributed by atoms with Crippen LogP contribution in [0.25, 0.3) is 0 Å². The second kappa shape index (κ2) is 7.65.